The largest absolute Gasteiger partial charge is 0.444 e. The first-order valence-electron chi connectivity index (χ1n) is 12.8. The van der Waals surface area contributed by atoms with E-state index in [9.17, 15) is 22.8 Å². The molecule has 0 N–H and O–H groups in total. The van der Waals surface area contributed by atoms with Gasteiger partial charge in [-0.15, -0.1) is 0 Å². The van der Waals surface area contributed by atoms with Crippen LogP contribution in [0.5, 0.6) is 0 Å². The Balaban J connectivity index is 1.46. The molecule has 2 aromatic carbocycles. The number of fused-ring (bicyclic) bond motifs is 3. The Labute approximate surface area is 224 Å². The summed E-state index contributed by atoms with van der Waals surface area (Å²) in [4.78, 5) is 27.6. The van der Waals surface area contributed by atoms with E-state index in [0.717, 1.165) is 47.1 Å². The molecule has 1 amide bonds. The Kier molecular flexibility index (Phi) is 6.56. The van der Waals surface area contributed by atoms with Gasteiger partial charge in [-0.1, -0.05) is 18.2 Å². The molecule has 0 atom stereocenters. The van der Waals surface area contributed by atoms with Crippen molar-refractivity contribution in [2.24, 2.45) is 7.05 Å². The number of pyridine rings is 1. The van der Waals surface area contributed by atoms with E-state index in [0.29, 0.717) is 29.9 Å². The van der Waals surface area contributed by atoms with Gasteiger partial charge in [-0.05, 0) is 75.1 Å². The predicted molar refractivity (Wildman–Crippen MR) is 144 cm³/mol. The number of nitrogens with zero attached hydrogens (tertiary/aromatic N) is 3. The van der Waals surface area contributed by atoms with Crippen LogP contribution in [0.15, 0.2) is 65.6 Å². The number of carbonyl (C=O) groups excluding carboxylic acids is 1. The lowest BCUT2D eigenvalue weighted by Crippen LogP contribution is -2.36. The number of hydrogen-bond acceptors (Lipinski definition) is 3. The molecule has 0 unspecified atom stereocenters. The summed E-state index contributed by atoms with van der Waals surface area (Å²) in [6, 6.07) is 13.7. The number of ether oxygens (including phenoxy) is 1. The highest BCUT2D eigenvalue weighted by molar-refractivity contribution is 5.88. The number of amides is 1. The molecule has 5 rings (SSSR count). The van der Waals surface area contributed by atoms with Gasteiger partial charge in [0, 0.05) is 42.5 Å². The van der Waals surface area contributed by atoms with E-state index in [-0.39, 0.29) is 11.7 Å². The Morgan fingerprint density at radius 3 is 2.31 bits per heavy atom. The van der Waals surface area contributed by atoms with Crippen molar-refractivity contribution < 1.29 is 22.7 Å². The van der Waals surface area contributed by atoms with Crippen LogP contribution in [0, 0.1) is 0 Å². The van der Waals surface area contributed by atoms with Crippen molar-refractivity contribution in [1.29, 1.82) is 0 Å². The summed E-state index contributed by atoms with van der Waals surface area (Å²) in [5, 5.41) is 1.01. The quantitative estimate of drug-likeness (QED) is 0.286. The second-order valence-electron chi connectivity index (χ2n) is 10.9. The fraction of sp³-hybridized carbons (Fsp3) is 0.333. The zero-order valence-electron chi connectivity index (χ0n) is 22.3. The monoisotopic (exact) mass is 537 g/mol. The summed E-state index contributed by atoms with van der Waals surface area (Å²) >= 11 is 0. The van der Waals surface area contributed by atoms with Crippen LogP contribution in [0.3, 0.4) is 0 Å². The highest BCUT2D eigenvalue weighted by Gasteiger charge is 2.30. The molecule has 1 aliphatic rings. The smallest absolute Gasteiger partial charge is 0.416 e. The van der Waals surface area contributed by atoms with E-state index >= 15 is 0 Å². The highest BCUT2D eigenvalue weighted by Crippen LogP contribution is 2.33. The molecule has 1 aliphatic heterocycles. The van der Waals surface area contributed by atoms with Gasteiger partial charge in [-0.2, -0.15) is 13.2 Å². The van der Waals surface area contributed by atoms with E-state index in [1.54, 1.807) is 17.2 Å². The second kappa shape index (κ2) is 9.63. The Bertz CT molecular complexity index is 1610. The number of benzene rings is 2. The van der Waals surface area contributed by atoms with Gasteiger partial charge in [0.15, 0.2) is 0 Å². The zero-order valence-corrected chi connectivity index (χ0v) is 22.3. The van der Waals surface area contributed by atoms with Crippen molar-refractivity contribution in [3.8, 4) is 16.8 Å². The SMILES string of the molecule is Cn1c2c(c3ccc(-n4ccc(-c5ccc(C(F)(F)F)cc5)cc4=O)cc31)CN(C(=O)OC(C)(C)C)CCC2. The predicted octanol–water partition coefficient (Wildman–Crippen LogP) is 6.70. The van der Waals surface area contributed by atoms with Crippen molar-refractivity contribution in [2.75, 3.05) is 6.54 Å². The fourth-order valence-electron chi connectivity index (χ4n) is 5.11. The third-order valence-electron chi connectivity index (χ3n) is 7.01. The number of halogens is 3. The van der Waals surface area contributed by atoms with Crippen molar-refractivity contribution >= 4 is 17.0 Å². The number of hydrogen-bond donors (Lipinski definition) is 0. The van der Waals surface area contributed by atoms with Crippen molar-refractivity contribution in [3.63, 3.8) is 0 Å². The minimum atomic E-state index is -4.41. The van der Waals surface area contributed by atoms with Gasteiger partial charge in [0.05, 0.1) is 23.3 Å². The molecule has 9 heteroatoms. The summed E-state index contributed by atoms with van der Waals surface area (Å²) < 4.78 is 47.9. The summed E-state index contributed by atoms with van der Waals surface area (Å²) in [7, 11) is 1.99. The summed E-state index contributed by atoms with van der Waals surface area (Å²) in [5.41, 5.74) is 3.32. The summed E-state index contributed by atoms with van der Waals surface area (Å²) in [5.74, 6) is 0. The molecular weight excluding hydrogens is 507 g/mol. The number of alkyl halides is 3. The molecule has 0 fully saturated rings. The van der Waals surface area contributed by atoms with E-state index in [1.165, 1.54) is 22.8 Å². The fourth-order valence-corrected chi connectivity index (χ4v) is 5.11. The average molecular weight is 538 g/mol. The first-order valence-corrected chi connectivity index (χ1v) is 12.8. The third-order valence-corrected chi connectivity index (χ3v) is 7.01. The molecule has 204 valence electrons. The molecule has 0 aliphatic carbocycles. The number of rotatable bonds is 2. The van der Waals surface area contributed by atoms with Crippen LogP contribution in [-0.4, -0.2) is 32.3 Å². The summed E-state index contributed by atoms with van der Waals surface area (Å²) in [6.07, 6.45) is -1.48. The molecule has 2 aromatic heterocycles. The van der Waals surface area contributed by atoms with E-state index in [1.807, 2.05) is 46.0 Å². The minimum absolute atomic E-state index is 0.293. The van der Waals surface area contributed by atoms with Gasteiger partial charge in [0.2, 0.25) is 0 Å². The standard InChI is InChI=1S/C30H30F3N3O3/c1-29(2,3)39-28(38)35-14-5-6-25-24(18-35)23-12-11-22(17-26(23)34(25)4)36-15-13-20(16-27(36)37)19-7-9-21(10-8-19)30(31,32)33/h7-13,15-17H,5-6,14,18H2,1-4H3. The minimum Gasteiger partial charge on any atom is -0.444 e. The van der Waals surface area contributed by atoms with Crippen LogP contribution in [0.4, 0.5) is 18.0 Å². The Morgan fingerprint density at radius 1 is 0.949 bits per heavy atom. The van der Waals surface area contributed by atoms with E-state index in [2.05, 4.69) is 4.57 Å². The van der Waals surface area contributed by atoms with Gasteiger partial charge in [-0.25, -0.2) is 4.79 Å². The van der Waals surface area contributed by atoms with Crippen LogP contribution in [-0.2, 0) is 30.9 Å². The molecule has 4 aromatic rings. The normalized spacial score (nSPS) is 14.3. The first-order chi connectivity index (χ1) is 18.3. The van der Waals surface area contributed by atoms with Gasteiger partial charge in [0.25, 0.3) is 5.56 Å². The van der Waals surface area contributed by atoms with Crippen molar-refractivity contribution in [3.05, 3.63) is 88.0 Å². The molecule has 0 radical (unpaired) electrons. The molecule has 6 nitrogen and oxygen atoms in total. The molecular formula is C30H30F3N3O3. The molecule has 0 saturated carbocycles. The lowest BCUT2D eigenvalue weighted by molar-refractivity contribution is -0.137. The van der Waals surface area contributed by atoms with Crippen molar-refractivity contribution in [2.45, 2.75) is 51.9 Å². The number of carbonyl (C=O) groups is 1. The topological polar surface area (TPSA) is 56.5 Å². The first kappa shape index (κ1) is 26.6. The lowest BCUT2D eigenvalue weighted by atomic mass is 10.0. The Hall–Kier alpha value is -4.01. The number of aryl methyl sites for hydroxylation is 1. The molecule has 0 spiro atoms. The second-order valence-corrected chi connectivity index (χ2v) is 10.9. The Morgan fingerprint density at radius 2 is 1.67 bits per heavy atom. The van der Waals surface area contributed by atoms with E-state index in [4.69, 9.17) is 4.74 Å². The van der Waals surface area contributed by atoms with Crippen LogP contribution in [0.1, 0.15) is 44.0 Å². The van der Waals surface area contributed by atoms with Crippen LogP contribution < -0.4 is 5.56 Å². The maximum atomic E-state index is 13.1. The average Bonchev–Trinajstić information content (AvgIpc) is 3.00. The molecule has 0 bridgehead atoms. The van der Waals surface area contributed by atoms with Gasteiger partial charge < -0.3 is 14.2 Å². The van der Waals surface area contributed by atoms with Gasteiger partial charge in [-0.3, -0.25) is 9.36 Å². The molecule has 0 saturated heterocycles. The maximum absolute atomic E-state index is 13.1. The van der Waals surface area contributed by atoms with Crippen LogP contribution >= 0.6 is 0 Å². The molecule has 3 heterocycles. The maximum Gasteiger partial charge on any atom is 0.416 e. The zero-order chi connectivity index (χ0) is 28.1. The summed E-state index contributed by atoms with van der Waals surface area (Å²) in [6.45, 7) is 6.62. The van der Waals surface area contributed by atoms with Crippen molar-refractivity contribution in [1.82, 2.24) is 14.0 Å². The van der Waals surface area contributed by atoms with Crippen LogP contribution in [0.2, 0.25) is 0 Å². The number of aromatic nitrogens is 2. The third kappa shape index (κ3) is 5.30. The van der Waals surface area contributed by atoms with Gasteiger partial charge in [0.1, 0.15) is 5.60 Å². The van der Waals surface area contributed by atoms with Gasteiger partial charge >= 0.3 is 12.3 Å². The van der Waals surface area contributed by atoms with Crippen LogP contribution in [0.25, 0.3) is 27.7 Å². The lowest BCUT2D eigenvalue weighted by Gasteiger charge is -2.26. The molecule has 39 heavy (non-hydrogen) atoms. The highest BCUT2D eigenvalue weighted by atomic mass is 19.4. The van der Waals surface area contributed by atoms with E-state index < -0.39 is 17.3 Å².